The largest absolute Gasteiger partial charge is 0.353 e. The standard InChI is InChI=1S/C20H19N5O2S/c26-18-7-4-12-25(18)16-10-8-15(9-11-16)22-20(28)21-13-17-23-19(24-27-17)14-5-2-1-3-6-14/h1-3,5-6,8-11H,4,7,12-13H2,(H2,21,22,28). The molecule has 0 saturated carbocycles. The lowest BCUT2D eigenvalue weighted by Gasteiger charge is -2.16. The molecular formula is C20H19N5O2S. The molecule has 0 aliphatic carbocycles. The fourth-order valence-electron chi connectivity index (χ4n) is 3.01. The zero-order valence-electron chi connectivity index (χ0n) is 15.1. The van der Waals surface area contributed by atoms with Gasteiger partial charge in [0, 0.05) is 29.9 Å². The molecule has 28 heavy (non-hydrogen) atoms. The number of aromatic nitrogens is 2. The molecule has 8 heteroatoms. The number of anilines is 2. The summed E-state index contributed by atoms with van der Waals surface area (Å²) in [5, 5.41) is 10.6. The summed E-state index contributed by atoms with van der Waals surface area (Å²) in [7, 11) is 0. The van der Waals surface area contributed by atoms with Crippen molar-refractivity contribution < 1.29 is 9.32 Å². The van der Waals surface area contributed by atoms with E-state index in [0.717, 1.165) is 29.9 Å². The van der Waals surface area contributed by atoms with Crippen LogP contribution in [0.25, 0.3) is 11.4 Å². The predicted octanol–water partition coefficient (Wildman–Crippen LogP) is 3.35. The highest BCUT2D eigenvalue weighted by molar-refractivity contribution is 7.80. The Kier molecular flexibility index (Phi) is 5.29. The van der Waals surface area contributed by atoms with E-state index in [4.69, 9.17) is 16.7 Å². The molecule has 3 aromatic rings. The summed E-state index contributed by atoms with van der Waals surface area (Å²) in [5.74, 6) is 1.17. The maximum atomic E-state index is 11.8. The number of nitrogens with one attached hydrogen (secondary N) is 2. The van der Waals surface area contributed by atoms with Crippen molar-refractivity contribution >= 4 is 34.6 Å². The normalized spacial score (nSPS) is 13.6. The number of nitrogens with zero attached hydrogens (tertiary/aromatic N) is 3. The topological polar surface area (TPSA) is 83.3 Å². The van der Waals surface area contributed by atoms with Crippen LogP contribution in [0.5, 0.6) is 0 Å². The molecule has 4 rings (SSSR count). The Hall–Kier alpha value is -3.26. The molecule has 142 valence electrons. The molecular weight excluding hydrogens is 374 g/mol. The second-order valence-corrected chi connectivity index (χ2v) is 6.79. The van der Waals surface area contributed by atoms with Crippen LogP contribution in [0, 0.1) is 0 Å². The van der Waals surface area contributed by atoms with Crippen molar-refractivity contribution in [3.63, 3.8) is 0 Å². The molecule has 1 aliphatic rings. The van der Waals surface area contributed by atoms with Gasteiger partial charge < -0.3 is 20.1 Å². The van der Waals surface area contributed by atoms with E-state index in [1.807, 2.05) is 54.6 Å². The lowest BCUT2D eigenvalue weighted by atomic mass is 10.2. The van der Waals surface area contributed by atoms with E-state index >= 15 is 0 Å². The van der Waals surface area contributed by atoms with Crippen molar-refractivity contribution in [2.45, 2.75) is 19.4 Å². The summed E-state index contributed by atoms with van der Waals surface area (Å²) in [4.78, 5) is 18.0. The van der Waals surface area contributed by atoms with Crippen molar-refractivity contribution in [2.75, 3.05) is 16.8 Å². The van der Waals surface area contributed by atoms with Gasteiger partial charge in [-0.25, -0.2) is 0 Å². The third kappa shape index (κ3) is 4.17. The predicted molar refractivity (Wildman–Crippen MR) is 111 cm³/mol. The first-order valence-corrected chi connectivity index (χ1v) is 9.43. The van der Waals surface area contributed by atoms with Gasteiger partial charge in [-0.2, -0.15) is 4.98 Å². The van der Waals surface area contributed by atoms with Gasteiger partial charge in [0.25, 0.3) is 0 Å². The quantitative estimate of drug-likeness (QED) is 0.643. The third-order valence-electron chi connectivity index (χ3n) is 4.41. The number of hydrogen-bond acceptors (Lipinski definition) is 5. The number of rotatable bonds is 5. The Morgan fingerprint density at radius 3 is 2.64 bits per heavy atom. The van der Waals surface area contributed by atoms with Crippen molar-refractivity contribution in [3.05, 3.63) is 60.5 Å². The van der Waals surface area contributed by atoms with Crippen LogP contribution in [0.3, 0.4) is 0 Å². The molecule has 2 aromatic carbocycles. The molecule has 2 N–H and O–H groups in total. The van der Waals surface area contributed by atoms with Crippen molar-refractivity contribution in [3.8, 4) is 11.4 Å². The Morgan fingerprint density at radius 2 is 1.93 bits per heavy atom. The first-order chi connectivity index (χ1) is 13.7. The average molecular weight is 393 g/mol. The SMILES string of the molecule is O=C1CCCN1c1ccc(NC(=S)NCc2nc(-c3ccccc3)no2)cc1. The highest BCUT2D eigenvalue weighted by Crippen LogP contribution is 2.23. The highest BCUT2D eigenvalue weighted by atomic mass is 32.1. The van der Waals surface area contributed by atoms with Gasteiger partial charge in [0.05, 0.1) is 6.54 Å². The van der Waals surface area contributed by atoms with Crippen molar-refractivity contribution in [1.82, 2.24) is 15.5 Å². The minimum absolute atomic E-state index is 0.173. The summed E-state index contributed by atoms with van der Waals surface area (Å²) in [5.41, 5.74) is 2.64. The molecule has 0 atom stereocenters. The molecule has 2 heterocycles. The smallest absolute Gasteiger partial charge is 0.246 e. The molecule has 0 radical (unpaired) electrons. The molecule has 0 unspecified atom stereocenters. The number of benzene rings is 2. The monoisotopic (exact) mass is 393 g/mol. The lowest BCUT2D eigenvalue weighted by Crippen LogP contribution is -2.28. The Morgan fingerprint density at radius 1 is 1.14 bits per heavy atom. The second kappa shape index (κ2) is 8.18. The summed E-state index contributed by atoms with van der Waals surface area (Å²) in [6, 6.07) is 17.3. The summed E-state index contributed by atoms with van der Waals surface area (Å²) < 4.78 is 5.25. The molecule has 0 bridgehead atoms. The van der Waals surface area contributed by atoms with E-state index in [9.17, 15) is 4.79 Å². The van der Waals surface area contributed by atoms with Gasteiger partial charge in [-0.1, -0.05) is 35.5 Å². The zero-order chi connectivity index (χ0) is 19.3. The van der Waals surface area contributed by atoms with E-state index in [-0.39, 0.29) is 5.91 Å². The van der Waals surface area contributed by atoms with Crippen LogP contribution in [-0.4, -0.2) is 27.7 Å². The Balaban J connectivity index is 1.30. The van der Waals surface area contributed by atoms with Crippen molar-refractivity contribution in [1.29, 1.82) is 0 Å². The van der Waals surface area contributed by atoms with E-state index < -0.39 is 0 Å². The van der Waals surface area contributed by atoms with Crippen LogP contribution in [0.15, 0.2) is 59.1 Å². The fourth-order valence-corrected chi connectivity index (χ4v) is 3.20. The maximum absolute atomic E-state index is 11.8. The zero-order valence-corrected chi connectivity index (χ0v) is 15.9. The minimum atomic E-state index is 0.173. The molecule has 7 nitrogen and oxygen atoms in total. The molecule has 0 spiro atoms. The first-order valence-electron chi connectivity index (χ1n) is 9.02. The van der Waals surface area contributed by atoms with E-state index in [1.54, 1.807) is 4.90 Å². The first kappa shape index (κ1) is 18.1. The molecule has 1 aliphatic heterocycles. The number of carbonyl (C=O) groups excluding carboxylic acids is 1. The van der Waals surface area contributed by atoms with Gasteiger partial charge in [0.2, 0.25) is 17.6 Å². The van der Waals surface area contributed by atoms with E-state index in [0.29, 0.717) is 29.8 Å². The van der Waals surface area contributed by atoms with Gasteiger partial charge in [-0.15, -0.1) is 0 Å². The minimum Gasteiger partial charge on any atom is -0.353 e. The number of hydrogen-bond donors (Lipinski definition) is 2. The summed E-state index contributed by atoms with van der Waals surface area (Å²) in [6.45, 7) is 1.10. The van der Waals surface area contributed by atoms with E-state index in [2.05, 4.69) is 20.8 Å². The third-order valence-corrected chi connectivity index (χ3v) is 4.66. The van der Waals surface area contributed by atoms with Crippen LogP contribution in [0.2, 0.25) is 0 Å². The van der Waals surface area contributed by atoms with Gasteiger partial charge in [0.1, 0.15) is 0 Å². The van der Waals surface area contributed by atoms with Crippen LogP contribution in [0.1, 0.15) is 18.7 Å². The average Bonchev–Trinajstić information content (AvgIpc) is 3.37. The van der Waals surface area contributed by atoms with Crippen LogP contribution in [-0.2, 0) is 11.3 Å². The lowest BCUT2D eigenvalue weighted by molar-refractivity contribution is -0.117. The van der Waals surface area contributed by atoms with Gasteiger partial charge in [-0.05, 0) is 42.9 Å². The van der Waals surface area contributed by atoms with Gasteiger partial charge in [0.15, 0.2) is 5.11 Å². The maximum Gasteiger partial charge on any atom is 0.246 e. The van der Waals surface area contributed by atoms with Crippen LogP contribution in [0.4, 0.5) is 11.4 Å². The number of carbonyl (C=O) groups is 1. The van der Waals surface area contributed by atoms with Gasteiger partial charge in [-0.3, -0.25) is 4.79 Å². The van der Waals surface area contributed by atoms with Crippen LogP contribution >= 0.6 is 12.2 Å². The molecule has 1 fully saturated rings. The Labute approximate surface area is 167 Å². The molecule has 1 saturated heterocycles. The van der Waals surface area contributed by atoms with Gasteiger partial charge >= 0.3 is 0 Å². The van der Waals surface area contributed by atoms with Crippen LogP contribution < -0.4 is 15.5 Å². The Bertz CT molecular complexity index is 972. The number of thiocarbonyl (C=S) groups is 1. The van der Waals surface area contributed by atoms with E-state index in [1.165, 1.54) is 0 Å². The fraction of sp³-hybridized carbons (Fsp3) is 0.200. The second-order valence-electron chi connectivity index (χ2n) is 6.38. The molecule has 1 aromatic heterocycles. The molecule has 1 amide bonds. The summed E-state index contributed by atoms with van der Waals surface area (Å²) in [6.07, 6.45) is 1.53. The summed E-state index contributed by atoms with van der Waals surface area (Å²) >= 11 is 5.32. The van der Waals surface area contributed by atoms with Crippen molar-refractivity contribution in [2.24, 2.45) is 0 Å². The number of amides is 1. The highest BCUT2D eigenvalue weighted by Gasteiger charge is 2.21.